The van der Waals surface area contributed by atoms with Crippen molar-refractivity contribution in [3.8, 4) is 11.8 Å². The van der Waals surface area contributed by atoms with Crippen LogP contribution in [0.15, 0.2) is 16.7 Å². The van der Waals surface area contributed by atoms with Crippen LogP contribution in [0.2, 0.25) is 0 Å². The SMILES string of the molecule is C[C@]12C#C[C@H]1N[C@H](C(=O)Nc1nc(Br)ccc1C1CC1)C2. The fourth-order valence-corrected chi connectivity index (χ4v) is 3.42. The Bertz CT molecular complexity index is 688. The third-order valence-electron chi connectivity index (χ3n) is 4.60. The average molecular weight is 346 g/mol. The van der Waals surface area contributed by atoms with Gasteiger partial charge in [-0.25, -0.2) is 4.98 Å². The zero-order valence-electron chi connectivity index (χ0n) is 11.7. The number of nitrogens with one attached hydrogen (secondary N) is 2. The highest BCUT2D eigenvalue weighted by Crippen LogP contribution is 2.43. The first kappa shape index (κ1) is 13.3. The van der Waals surface area contributed by atoms with E-state index in [4.69, 9.17) is 0 Å². The van der Waals surface area contributed by atoms with Gasteiger partial charge >= 0.3 is 0 Å². The van der Waals surface area contributed by atoms with Gasteiger partial charge in [-0.3, -0.25) is 10.1 Å². The summed E-state index contributed by atoms with van der Waals surface area (Å²) >= 11 is 3.38. The summed E-state index contributed by atoms with van der Waals surface area (Å²) in [5, 5.41) is 6.31. The molecule has 1 aromatic rings. The van der Waals surface area contributed by atoms with Crippen LogP contribution in [0.5, 0.6) is 0 Å². The van der Waals surface area contributed by atoms with Gasteiger partial charge in [-0.05, 0) is 59.7 Å². The molecule has 0 radical (unpaired) electrons. The van der Waals surface area contributed by atoms with Gasteiger partial charge < -0.3 is 5.32 Å². The van der Waals surface area contributed by atoms with Crippen LogP contribution in [-0.4, -0.2) is 23.0 Å². The van der Waals surface area contributed by atoms with E-state index in [1.807, 2.05) is 6.07 Å². The Hall–Kier alpha value is -1.38. The van der Waals surface area contributed by atoms with E-state index >= 15 is 0 Å². The molecule has 0 aromatic carbocycles. The first-order chi connectivity index (χ1) is 10.0. The molecule has 0 unspecified atom stereocenters. The molecule has 2 heterocycles. The normalized spacial score (nSPS) is 32.7. The van der Waals surface area contributed by atoms with Crippen molar-refractivity contribution in [3.63, 3.8) is 0 Å². The molecule has 21 heavy (non-hydrogen) atoms. The molecule has 2 fully saturated rings. The fraction of sp³-hybridized carbons (Fsp3) is 0.500. The number of anilines is 1. The molecule has 3 atom stereocenters. The molecule has 1 amide bonds. The summed E-state index contributed by atoms with van der Waals surface area (Å²) in [6, 6.07) is 3.95. The molecule has 3 aliphatic rings. The summed E-state index contributed by atoms with van der Waals surface area (Å²) in [5.41, 5.74) is 1.11. The van der Waals surface area contributed by atoms with Crippen molar-refractivity contribution < 1.29 is 4.79 Å². The molecule has 4 nitrogen and oxygen atoms in total. The Morgan fingerprint density at radius 2 is 2.33 bits per heavy atom. The molecule has 1 aliphatic heterocycles. The third kappa shape index (κ3) is 2.27. The lowest BCUT2D eigenvalue weighted by Crippen LogP contribution is -2.42. The fourth-order valence-electron chi connectivity index (χ4n) is 3.11. The topological polar surface area (TPSA) is 54.0 Å². The second kappa shape index (κ2) is 4.56. The largest absolute Gasteiger partial charge is 0.309 e. The third-order valence-corrected chi connectivity index (χ3v) is 5.04. The second-order valence-corrected chi connectivity index (χ2v) is 7.19. The highest BCUT2D eigenvalue weighted by atomic mass is 79.9. The lowest BCUT2D eigenvalue weighted by Gasteiger charge is -2.27. The smallest absolute Gasteiger partial charge is 0.242 e. The monoisotopic (exact) mass is 345 g/mol. The van der Waals surface area contributed by atoms with Crippen molar-refractivity contribution >= 4 is 27.7 Å². The van der Waals surface area contributed by atoms with Crippen LogP contribution in [0.25, 0.3) is 0 Å². The Balaban J connectivity index is 1.51. The molecule has 1 saturated heterocycles. The van der Waals surface area contributed by atoms with Gasteiger partial charge in [0.05, 0.1) is 17.5 Å². The maximum atomic E-state index is 12.5. The van der Waals surface area contributed by atoms with Crippen LogP contribution in [0, 0.1) is 17.3 Å². The first-order valence-electron chi connectivity index (χ1n) is 7.31. The predicted molar refractivity (Wildman–Crippen MR) is 83.8 cm³/mol. The molecule has 1 aromatic heterocycles. The number of amides is 1. The Morgan fingerprint density at radius 1 is 1.52 bits per heavy atom. The lowest BCUT2D eigenvalue weighted by molar-refractivity contribution is -0.117. The van der Waals surface area contributed by atoms with Gasteiger partial charge in [-0.15, -0.1) is 0 Å². The zero-order valence-corrected chi connectivity index (χ0v) is 13.3. The van der Waals surface area contributed by atoms with E-state index in [0.717, 1.165) is 16.6 Å². The van der Waals surface area contributed by atoms with E-state index < -0.39 is 0 Å². The van der Waals surface area contributed by atoms with Crippen molar-refractivity contribution in [3.05, 3.63) is 22.3 Å². The van der Waals surface area contributed by atoms with E-state index in [0.29, 0.717) is 11.7 Å². The minimum absolute atomic E-state index is 0.0123. The average Bonchev–Trinajstić information content (AvgIpc) is 3.23. The summed E-state index contributed by atoms with van der Waals surface area (Å²) in [5.74, 6) is 7.48. The maximum Gasteiger partial charge on any atom is 0.242 e. The highest BCUT2D eigenvalue weighted by Gasteiger charge is 2.48. The van der Waals surface area contributed by atoms with Gasteiger partial charge in [0.2, 0.25) is 5.91 Å². The summed E-state index contributed by atoms with van der Waals surface area (Å²) in [6.07, 6.45) is 3.13. The van der Waals surface area contributed by atoms with Crippen molar-refractivity contribution in [1.82, 2.24) is 10.3 Å². The molecule has 2 aliphatic carbocycles. The molecule has 0 bridgehead atoms. The van der Waals surface area contributed by atoms with E-state index in [1.54, 1.807) is 0 Å². The molecule has 1 saturated carbocycles. The van der Waals surface area contributed by atoms with Crippen LogP contribution >= 0.6 is 15.9 Å². The molecule has 5 heteroatoms. The lowest BCUT2D eigenvalue weighted by atomic mass is 9.76. The van der Waals surface area contributed by atoms with E-state index in [1.165, 1.54) is 12.8 Å². The minimum Gasteiger partial charge on any atom is -0.309 e. The number of hydrogen-bond acceptors (Lipinski definition) is 3. The molecule has 0 spiro atoms. The Kier molecular flexibility index (Phi) is 2.88. The highest BCUT2D eigenvalue weighted by molar-refractivity contribution is 9.10. The Morgan fingerprint density at radius 3 is 2.90 bits per heavy atom. The van der Waals surface area contributed by atoms with E-state index in [-0.39, 0.29) is 23.4 Å². The molecule has 2 N–H and O–H groups in total. The molecular weight excluding hydrogens is 330 g/mol. The van der Waals surface area contributed by atoms with Crippen molar-refractivity contribution in [2.24, 2.45) is 5.41 Å². The van der Waals surface area contributed by atoms with Crippen LogP contribution in [-0.2, 0) is 4.79 Å². The van der Waals surface area contributed by atoms with Crippen molar-refractivity contribution in [2.45, 2.75) is 44.2 Å². The van der Waals surface area contributed by atoms with Gasteiger partial charge in [-0.1, -0.05) is 17.9 Å². The number of carbonyl (C=O) groups is 1. The van der Waals surface area contributed by atoms with E-state index in [2.05, 4.69) is 56.4 Å². The summed E-state index contributed by atoms with van der Waals surface area (Å²) in [4.78, 5) is 16.9. The van der Waals surface area contributed by atoms with Gasteiger partial charge in [0.1, 0.15) is 10.4 Å². The second-order valence-electron chi connectivity index (χ2n) is 6.38. The predicted octanol–water partition coefficient (Wildman–Crippen LogP) is 2.41. The Labute approximate surface area is 132 Å². The number of pyridine rings is 1. The van der Waals surface area contributed by atoms with Gasteiger partial charge in [0.15, 0.2) is 0 Å². The van der Waals surface area contributed by atoms with Crippen LogP contribution in [0.4, 0.5) is 5.82 Å². The molecule has 108 valence electrons. The molecule has 4 rings (SSSR count). The maximum absolute atomic E-state index is 12.5. The number of rotatable bonds is 3. The zero-order chi connectivity index (χ0) is 14.6. The van der Waals surface area contributed by atoms with Crippen LogP contribution < -0.4 is 10.6 Å². The standard InChI is InChI=1S/C16H16BrN3O/c1-16-7-6-12(16)18-11(8-16)15(21)20-14-10(9-2-3-9)4-5-13(17)19-14/h4-5,9,11-12,18H,2-3,8H2,1H3,(H,19,20,21)/t11-,12+,16+/m0/s1. The number of nitrogens with zero attached hydrogens (tertiary/aromatic N) is 1. The number of fused-ring (bicyclic) bond motifs is 1. The van der Waals surface area contributed by atoms with Gasteiger partial charge in [0.25, 0.3) is 0 Å². The van der Waals surface area contributed by atoms with Crippen LogP contribution in [0.1, 0.15) is 37.7 Å². The van der Waals surface area contributed by atoms with Crippen molar-refractivity contribution in [2.75, 3.05) is 5.32 Å². The quantitative estimate of drug-likeness (QED) is 0.653. The summed E-state index contributed by atoms with van der Waals surface area (Å²) < 4.78 is 0.747. The number of halogens is 1. The van der Waals surface area contributed by atoms with Gasteiger partial charge in [-0.2, -0.15) is 0 Å². The molecular formula is C16H16BrN3O. The number of hydrogen-bond donors (Lipinski definition) is 2. The summed E-state index contributed by atoms with van der Waals surface area (Å²) in [6.45, 7) is 2.11. The van der Waals surface area contributed by atoms with Crippen molar-refractivity contribution in [1.29, 1.82) is 0 Å². The van der Waals surface area contributed by atoms with Crippen LogP contribution in [0.3, 0.4) is 0 Å². The summed E-state index contributed by atoms with van der Waals surface area (Å²) in [7, 11) is 0. The van der Waals surface area contributed by atoms with E-state index in [9.17, 15) is 4.79 Å². The number of aromatic nitrogens is 1. The first-order valence-corrected chi connectivity index (χ1v) is 8.10. The number of carbonyl (C=O) groups excluding carboxylic acids is 1. The minimum atomic E-state index is -0.199. The van der Waals surface area contributed by atoms with Gasteiger partial charge in [0, 0.05) is 0 Å².